The molecule has 1 unspecified atom stereocenters. The Morgan fingerprint density at radius 1 is 1.31 bits per heavy atom. The number of ether oxygens (including phenoxy) is 1. The van der Waals surface area contributed by atoms with Crippen molar-refractivity contribution < 1.29 is 19.4 Å². The summed E-state index contributed by atoms with van der Waals surface area (Å²) in [6, 6.07) is 4.42. The van der Waals surface area contributed by atoms with Gasteiger partial charge in [-0.1, -0.05) is 0 Å². The molecule has 0 aliphatic rings. The Bertz CT molecular complexity index is 862. The van der Waals surface area contributed by atoms with Gasteiger partial charge < -0.3 is 20.2 Å². The lowest BCUT2D eigenvalue weighted by molar-refractivity contribution is -0.389. The first-order chi connectivity index (χ1) is 12.2. The van der Waals surface area contributed by atoms with Crippen molar-refractivity contribution in [3.05, 3.63) is 50.2 Å². The molecule has 26 heavy (non-hydrogen) atoms. The minimum absolute atomic E-state index is 0.00499. The number of amides is 1. The van der Waals surface area contributed by atoms with Gasteiger partial charge in [-0.3, -0.25) is 14.9 Å². The Hall–Kier alpha value is -3.50. The number of nitro groups is 2. The number of nitro benzene ring substituents is 1. The van der Waals surface area contributed by atoms with E-state index in [1.54, 1.807) is 13.8 Å². The second-order valence-electron chi connectivity index (χ2n) is 5.38. The van der Waals surface area contributed by atoms with Gasteiger partial charge in [-0.25, -0.2) is 0 Å². The fourth-order valence-corrected chi connectivity index (χ4v) is 2.33. The number of aryl methyl sites for hydroxylation is 1. The molecule has 2 aromatic rings. The third-order valence-electron chi connectivity index (χ3n) is 3.58. The average molecular weight is 363 g/mol. The van der Waals surface area contributed by atoms with Crippen molar-refractivity contribution in [3.8, 4) is 5.75 Å². The highest BCUT2D eigenvalue weighted by molar-refractivity contribution is 5.95. The number of carbonyl (C=O) groups is 1. The van der Waals surface area contributed by atoms with E-state index in [1.807, 2.05) is 0 Å². The Morgan fingerprint density at radius 2 is 2.00 bits per heavy atom. The van der Waals surface area contributed by atoms with E-state index in [1.165, 1.54) is 35.9 Å². The van der Waals surface area contributed by atoms with E-state index in [-0.39, 0.29) is 17.2 Å². The lowest BCUT2D eigenvalue weighted by Gasteiger charge is -2.12. The van der Waals surface area contributed by atoms with Gasteiger partial charge in [0.1, 0.15) is 17.5 Å². The smallest absolute Gasteiger partial charge is 0.390 e. The molecule has 1 amide bonds. The fourth-order valence-electron chi connectivity index (χ4n) is 2.33. The molecule has 1 aromatic carbocycles. The predicted molar refractivity (Wildman–Crippen MR) is 91.2 cm³/mol. The zero-order valence-corrected chi connectivity index (χ0v) is 14.3. The highest BCUT2D eigenvalue weighted by Crippen LogP contribution is 2.30. The summed E-state index contributed by atoms with van der Waals surface area (Å²) in [4.78, 5) is 33.2. The number of hydrogen-bond acceptors (Lipinski definition) is 7. The molecular weight excluding hydrogens is 346 g/mol. The number of aromatic nitrogens is 2. The molecule has 1 N–H and O–H groups in total. The molecule has 1 heterocycles. The molecule has 0 saturated carbocycles. The van der Waals surface area contributed by atoms with Crippen LogP contribution in [-0.2, 0) is 4.79 Å². The Kier molecular flexibility index (Phi) is 5.50. The lowest BCUT2D eigenvalue weighted by Crippen LogP contribution is -2.25. The normalized spacial score (nSPS) is 11.7. The molecule has 2 rings (SSSR count). The molecule has 11 heteroatoms. The van der Waals surface area contributed by atoms with Gasteiger partial charge in [-0.15, -0.1) is 0 Å². The quantitative estimate of drug-likeness (QED) is 0.588. The SMILES string of the molecule is CCOc1ccc(NC(=O)C(C)n2nc([N+](=O)[O-])cc2C)c([N+](=O)[O-])c1. The molecule has 1 atom stereocenters. The van der Waals surface area contributed by atoms with Crippen molar-refractivity contribution in [1.82, 2.24) is 9.78 Å². The topological polar surface area (TPSA) is 142 Å². The summed E-state index contributed by atoms with van der Waals surface area (Å²) in [7, 11) is 0. The van der Waals surface area contributed by atoms with Gasteiger partial charge in [0.25, 0.3) is 11.6 Å². The van der Waals surface area contributed by atoms with Gasteiger partial charge in [-0.05, 0) is 37.8 Å². The van der Waals surface area contributed by atoms with Crippen LogP contribution in [0.2, 0.25) is 0 Å². The summed E-state index contributed by atoms with van der Waals surface area (Å²) in [6.07, 6.45) is 0. The van der Waals surface area contributed by atoms with Crippen LogP contribution in [0.15, 0.2) is 24.3 Å². The molecule has 0 spiro atoms. The molecule has 138 valence electrons. The van der Waals surface area contributed by atoms with E-state index < -0.39 is 21.8 Å². The van der Waals surface area contributed by atoms with E-state index in [0.717, 1.165) is 0 Å². The minimum Gasteiger partial charge on any atom is -0.494 e. The predicted octanol–water partition coefficient (Wildman–Crippen LogP) is 2.61. The highest BCUT2D eigenvalue weighted by atomic mass is 16.6. The number of nitrogens with one attached hydrogen (secondary N) is 1. The molecule has 0 saturated heterocycles. The zero-order chi connectivity index (χ0) is 19.4. The van der Waals surface area contributed by atoms with Crippen molar-refractivity contribution in [2.24, 2.45) is 0 Å². The standard InChI is InChI=1S/C15H17N5O6/c1-4-26-11-5-6-12(13(8-11)19(22)23)16-15(21)10(3)18-9(2)7-14(17-18)20(24)25/h5-8,10H,4H2,1-3H3,(H,16,21). The molecule has 0 fully saturated rings. The van der Waals surface area contributed by atoms with E-state index in [2.05, 4.69) is 10.4 Å². The van der Waals surface area contributed by atoms with Crippen LogP contribution in [0, 0.1) is 27.2 Å². The Balaban J connectivity index is 2.26. The number of carbonyl (C=O) groups excluding carboxylic acids is 1. The van der Waals surface area contributed by atoms with Gasteiger partial charge in [0.2, 0.25) is 0 Å². The van der Waals surface area contributed by atoms with E-state index >= 15 is 0 Å². The number of hydrogen-bond donors (Lipinski definition) is 1. The number of anilines is 1. The Morgan fingerprint density at radius 3 is 2.54 bits per heavy atom. The third kappa shape index (κ3) is 3.94. The van der Waals surface area contributed by atoms with Crippen molar-refractivity contribution in [2.75, 3.05) is 11.9 Å². The first-order valence-corrected chi connectivity index (χ1v) is 7.67. The molecule has 1 aromatic heterocycles. The molecule has 0 aliphatic heterocycles. The summed E-state index contributed by atoms with van der Waals surface area (Å²) >= 11 is 0. The van der Waals surface area contributed by atoms with Crippen LogP contribution in [0.5, 0.6) is 5.75 Å². The number of rotatable bonds is 7. The molecule has 11 nitrogen and oxygen atoms in total. The monoisotopic (exact) mass is 363 g/mol. The van der Waals surface area contributed by atoms with Gasteiger partial charge in [-0.2, -0.15) is 4.68 Å². The lowest BCUT2D eigenvalue weighted by atomic mass is 10.2. The summed E-state index contributed by atoms with van der Waals surface area (Å²) in [6.45, 7) is 5.15. The first-order valence-electron chi connectivity index (χ1n) is 7.67. The van der Waals surface area contributed by atoms with Crippen LogP contribution < -0.4 is 10.1 Å². The molecule has 0 bridgehead atoms. The summed E-state index contributed by atoms with van der Waals surface area (Å²) < 4.78 is 6.41. The maximum atomic E-state index is 12.4. The number of benzene rings is 1. The maximum Gasteiger partial charge on any atom is 0.390 e. The van der Waals surface area contributed by atoms with Crippen molar-refractivity contribution in [2.45, 2.75) is 26.8 Å². The van der Waals surface area contributed by atoms with E-state index in [9.17, 15) is 25.0 Å². The molecule has 0 aliphatic carbocycles. The van der Waals surface area contributed by atoms with Crippen LogP contribution in [0.1, 0.15) is 25.6 Å². The van der Waals surface area contributed by atoms with Gasteiger partial charge in [0.05, 0.1) is 34.5 Å². The third-order valence-corrected chi connectivity index (χ3v) is 3.58. The maximum absolute atomic E-state index is 12.4. The Labute approximate surface area is 147 Å². The fraction of sp³-hybridized carbons (Fsp3) is 0.333. The second-order valence-corrected chi connectivity index (χ2v) is 5.38. The molecule has 0 radical (unpaired) electrons. The van der Waals surface area contributed by atoms with Crippen molar-refractivity contribution in [1.29, 1.82) is 0 Å². The second kappa shape index (κ2) is 7.59. The number of nitrogens with zero attached hydrogens (tertiary/aromatic N) is 4. The van der Waals surface area contributed by atoms with Crippen LogP contribution in [0.3, 0.4) is 0 Å². The van der Waals surface area contributed by atoms with Crippen LogP contribution in [-0.4, -0.2) is 32.1 Å². The largest absolute Gasteiger partial charge is 0.494 e. The van der Waals surface area contributed by atoms with Crippen LogP contribution in [0.25, 0.3) is 0 Å². The summed E-state index contributed by atoms with van der Waals surface area (Å²) in [5.41, 5.74) is 0.0924. The zero-order valence-electron chi connectivity index (χ0n) is 14.3. The van der Waals surface area contributed by atoms with Crippen molar-refractivity contribution in [3.63, 3.8) is 0 Å². The van der Waals surface area contributed by atoms with E-state index in [0.29, 0.717) is 18.1 Å². The van der Waals surface area contributed by atoms with Crippen LogP contribution in [0.4, 0.5) is 17.2 Å². The van der Waals surface area contributed by atoms with Crippen LogP contribution >= 0.6 is 0 Å². The average Bonchev–Trinajstić information content (AvgIpc) is 2.97. The summed E-state index contributed by atoms with van der Waals surface area (Å²) in [5.74, 6) is -0.670. The van der Waals surface area contributed by atoms with E-state index in [4.69, 9.17) is 4.74 Å². The van der Waals surface area contributed by atoms with Gasteiger partial charge >= 0.3 is 5.82 Å². The minimum atomic E-state index is -0.908. The first kappa shape index (κ1) is 18.8. The summed E-state index contributed by atoms with van der Waals surface area (Å²) in [5, 5.41) is 28.3. The highest BCUT2D eigenvalue weighted by Gasteiger charge is 2.26. The van der Waals surface area contributed by atoms with Gasteiger partial charge in [0.15, 0.2) is 0 Å². The molecular formula is C15H17N5O6. The van der Waals surface area contributed by atoms with Crippen molar-refractivity contribution >= 4 is 23.1 Å². The van der Waals surface area contributed by atoms with Gasteiger partial charge in [0, 0.05) is 0 Å².